The highest BCUT2D eigenvalue weighted by Gasteiger charge is 2.20. The van der Waals surface area contributed by atoms with Gasteiger partial charge in [-0.2, -0.15) is 5.10 Å². The van der Waals surface area contributed by atoms with E-state index in [1.54, 1.807) is 0 Å². The third kappa shape index (κ3) is 2.50. The summed E-state index contributed by atoms with van der Waals surface area (Å²) in [6, 6.07) is 8.97. The molecule has 2 aromatic rings. The molecule has 0 aliphatic heterocycles. The lowest BCUT2D eigenvalue weighted by atomic mass is 9.95. The lowest BCUT2D eigenvalue weighted by Crippen LogP contribution is -2.14. The van der Waals surface area contributed by atoms with Gasteiger partial charge in [0.25, 0.3) is 0 Å². The van der Waals surface area contributed by atoms with Crippen LogP contribution in [0.3, 0.4) is 0 Å². The van der Waals surface area contributed by atoms with Crippen LogP contribution in [0.1, 0.15) is 43.7 Å². The van der Waals surface area contributed by atoms with Crippen molar-refractivity contribution in [2.75, 3.05) is 0 Å². The largest absolute Gasteiger partial charge is 0.297 e. The van der Waals surface area contributed by atoms with Crippen molar-refractivity contribution in [3.05, 3.63) is 34.6 Å². The molecule has 0 radical (unpaired) electrons. The summed E-state index contributed by atoms with van der Waals surface area (Å²) in [6.45, 7) is 2.11. The van der Waals surface area contributed by atoms with Gasteiger partial charge >= 0.3 is 0 Å². The van der Waals surface area contributed by atoms with Crippen LogP contribution in [-0.2, 0) is 0 Å². The van der Waals surface area contributed by atoms with E-state index in [1.165, 1.54) is 37.7 Å². The standard InChI is InChI=1S/C15H19N3S/c1-11-6-5-7-12(10-11)14-16-17-15(19)18(14)13-8-3-2-4-9-13/h5-7,10,13H,2-4,8-9H2,1H3,(H,17,19). The van der Waals surface area contributed by atoms with Crippen molar-refractivity contribution in [1.82, 2.24) is 14.8 Å². The van der Waals surface area contributed by atoms with Gasteiger partial charge in [0, 0.05) is 11.6 Å². The van der Waals surface area contributed by atoms with Gasteiger partial charge in [-0.25, -0.2) is 0 Å². The lowest BCUT2D eigenvalue weighted by Gasteiger charge is -2.24. The number of benzene rings is 1. The van der Waals surface area contributed by atoms with E-state index in [9.17, 15) is 0 Å². The fourth-order valence-electron chi connectivity index (χ4n) is 2.97. The maximum Gasteiger partial charge on any atom is 0.195 e. The predicted molar refractivity (Wildman–Crippen MR) is 79.7 cm³/mol. The Kier molecular flexibility index (Phi) is 3.51. The number of hydrogen-bond acceptors (Lipinski definition) is 2. The molecule has 0 unspecified atom stereocenters. The summed E-state index contributed by atoms with van der Waals surface area (Å²) in [6.07, 6.45) is 6.37. The van der Waals surface area contributed by atoms with Crippen LogP contribution < -0.4 is 0 Å². The topological polar surface area (TPSA) is 33.6 Å². The van der Waals surface area contributed by atoms with Gasteiger partial charge in [-0.1, -0.05) is 43.0 Å². The average molecular weight is 273 g/mol. The Bertz CT molecular complexity index is 620. The second-order valence-electron chi connectivity index (χ2n) is 5.38. The van der Waals surface area contributed by atoms with Gasteiger partial charge in [0.05, 0.1) is 0 Å². The summed E-state index contributed by atoms with van der Waals surface area (Å²) in [4.78, 5) is 0. The van der Waals surface area contributed by atoms with Crippen molar-refractivity contribution in [3.63, 3.8) is 0 Å². The molecule has 19 heavy (non-hydrogen) atoms. The van der Waals surface area contributed by atoms with Crippen molar-refractivity contribution in [2.45, 2.75) is 45.1 Å². The molecule has 0 atom stereocenters. The van der Waals surface area contributed by atoms with Crippen LogP contribution in [0.4, 0.5) is 0 Å². The molecule has 3 nitrogen and oxygen atoms in total. The Morgan fingerprint density at radius 1 is 1.26 bits per heavy atom. The Labute approximate surface area is 118 Å². The van der Waals surface area contributed by atoms with Crippen molar-refractivity contribution in [1.29, 1.82) is 0 Å². The highest BCUT2D eigenvalue weighted by Crippen LogP contribution is 2.32. The first-order valence-electron chi connectivity index (χ1n) is 6.99. The number of nitrogens with one attached hydrogen (secondary N) is 1. The zero-order valence-electron chi connectivity index (χ0n) is 11.2. The van der Waals surface area contributed by atoms with Crippen molar-refractivity contribution in [3.8, 4) is 11.4 Å². The lowest BCUT2D eigenvalue weighted by molar-refractivity contribution is 0.352. The van der Waals surface area contributed by atoms with Gasteiger partial charge in [0.1, 0.15) is 0 Å². The number of H-pyrrole nitrogens is 1. The second kappa shape index (κ2) is 5.29. The fourth-order valence-corrected chi connectivity index (χ4v) is 3.25. The van der Waals surface area contributed by atoms with E-state index in [2.05, 4.69) is 46.0 Å². The maximum atomic E-state index is 5.43. The fraction of sp³-hybridized carbons (Fsp3) is 0.467. The normalized spacial score (nSPS) is 16.7. The molecule has 1 aliphatic carbocycles. The quantitative estimate of drug-likeness (QED) is 0.822. The molecule has 100 valence electrons. The Hall–Kier alpha value is -1.42. The molecule has 1 aliphatic rings. The number of rotatable bonds is 2. The summed E-state index contributed by atoms with van der Waals surface area (Å²) in [5, 5.41) is 7.42. The third-order valence-corrected chi connectivity index (χ3v) is 4.21. The second-order valence-corrected chi connectivity index (χ2v) is 5.77. The van der Waals surface area contributed by atoms with E-state index in [0.717, 1.165) is 16.2 Å². The predicted octanol–water partition coefficient (Wildman–Crippen LogP) is 4.42. The molecule has 0 spiro atoms. The summed E-state index contributed by atoms with van der Waals surface area (Å²) in [7, 11) is 0. The Morgan fingerprint density at radius 3 is 2.79 bits per heavy atom. The SMILES string of the molecule is Cc1cccc(-c2n[nH]c(=S)n2C2CCCCC2)c1. The monoisotopic (exact) mass is 273 g/mol. The van der Waals surface area contributed by atoms with Gasteiger partial charge in [0.2, 0.25) is 0 Å². The number of aromatic amines is 1. The van der Waals surface area contributed by atoms with Gasteiger partial charge in [-0.15, -0.1) is 0 Å². The molecule has 0 saturated heterocycles. The van der Waals surface area contributed by atoms with Crippen LogP contribution in [0.15, 0.2) is 24.3 Å². The van der Waals surface area contributed by atoms with Crippen molar-refractivity contribution < 1.29 is 0 Å². The van der Waals surface area contributed by atoms with Gasteiger partial charge < -0.3 is 0 Å². The van der Waals surface area contributed by atoms with E-state index >= 15 is 0 Å². The molecular weight excluding hydrogens is 254 g/mol. The van der Waals surface area contributed by atoms with E-state index in [1.807, 2.05) is 0 Å². The molecule has 1 fully saturated rings. The van der Waals surface area contributed by atoms with Crippen LogP contribution in [0.5, 0.6) is 0 Å². The summed E-state index contributed by atoms with van der Waals surface area (Å²) >= 11 is 5.43. The summed E-state index contributed by atoms with van der Waals surface area (Å²) in [5.74, 6) is 0.987. The van der Waals surface area contributed by atoms with Gasteiger partial charge in [-0.3, -0.25) is 9.67 Å². The van der Waals surface area contributed by atoms with E-state index in [-0.39, 0.29) is 0 Å². The third-order valence-electron chi connectivity index (χ3n) is 3.92. The minimum atomic E-state index is 0.510. The van der Waals surface area contributed by atoms with Gasteiger partial charge in [-0.05, 0) is 38.0 Å². The van der Waals surface area contributed by atoms with E-state index < -0.39 is 0 Å². The molecule has 1 saturated carbocycles. The van der Waals surface area contributed by atoms with Crippen LogP contribution >= 0.6 is 12.2 Å². The van der Waals surface area contributed by atoms with E-state index in [4.69, 9.17) is 12.2 Å². The van der Waals surface area contributed by atoms with Crippen LogP contribution in [0, 0.1) is 11.7 Å². The van der Waals surface area contributed by atoms with Gasteiger partial charge in [0.15, 0.2) is 10.6 Å². The molecule has 0 bridgehead atoms. The van der Waals surface area contributed by atoms with Crippen LogP contribution in [0.2, 0.25) is 0 Å². The zero-order chi connectivity index (χ0) is 13.2. The maximum absolute atomic E-state index is 5.43. The minimum Gasteiger partial charge on any atom is -0.297 e. The smallest absolute Gasteiger partial charge is 0.195 e. The first-order chi connectivity index (χ1) is 9.25. The zero-order valence-corrected chi connectivity index (χ0v) is 12.0. The summed E-state index contributed by atoms with van der Waals surface area (Å²) < 4.78 is 2.98. The van der Waals surface area contributed by atoms with Crippen molar-refractivity contribution in [2.24, 2.45) is 0 Å². The molecule has 0 amide bonds. The first-order valence-corrected chi connectivity index (χ1v) is 7.40. The van der Waals surface area contributed by atoms with Crippen LogP contribution in [-0.4, -0.2) is 14.8 Å². The molecule has 3 rings (SSSR count). The molecule has 4 heteroatoms. The highest BCUT2D eigenvalue weighted by molar-refractivity contribution is 7.71. The van der Waals surface area contributed by atoms with E-state index in [0.29, 0.717) is 6.04 Å². The minimum absolute atomic E-state index is 0.510. The Balaban J connectivity index is 2.05. The number of aryl methyl sites for hydroxylation is 1. The summed E-state index contributed by atoms with van der Waals surface area (Å²) in [5.41, 5.74) is 2.40. The molecule has 1 heterocycles. The van der Waals surface area contributed by atoms with Crippen LogP contribution in [0.25, 0.3) is 11.4 Å². The molecular formula is C15H19N3S. The highest BCUT2D eigenvalue weighted by atomic mass is 32.1. The first kappa shape index (κ1) is 12.6. The van der Waals surface area contributed by atoms with Crippen molar-refractivity contribution >= 4 is 12.2 Å². The number of hydrogen-bond donors (Lipinski definition) is 1. The Morgan fingerprint density at radius 2 is 2.05 bits per heavy atom. The molecule has 1 aromatic carbocycles. The molecule has 1 aromatic heterocycles. The average Bonchev–Trinajstić information content (AvgIpc) is 2.82. The number of aromatic nitrogens is 3. The molecule has 1 N–H and O–H groups in total. The number of nitrogens with zero attached hydrogens (tertiary/aromatic N) is 2.